The normalized spacial score (nSPS) is 28.6. The van der Waals surface area contributed by atoms with Gasteiger partial charge in [0.25, 0.3) is 0 Å². The quantitative estimate of drug-likeness (QED) is 0.774. The summed E-state index contributed by atoms with van der Waals surface area (Å²) in [7, 11) is 1.85. The fourth-order valence-electron chi connectivity index (χ4n) is 3.48. The summed E-state index contributed by atoms with van der Waals surface area (Å²) in [6.07, 6.45) is 12.0. The van der Waals surface area contributed by atoms with Gasteiger partial charge in [-0.1, -0.05) is 25.5 Å². The molecule has 1 atom stereocenters. The lowest BCUT2D eigenvalue weighted by Crippen LogP contribution is -2.53. The highest BCUT2D eigenvalue weighted by molar-refractivity contribution is 5.19. The van der Waals surface area contributed by atoms with E-state index in [0.29, 0.717) is 5.41 Å². The summed E-state index contributed by atoms with van der Waals surface area (Å²) in [6.45, 7) is 4.72. The second kappa shape index (κ2) is 5.34. The Morgan fingerprint density at radius 3 is 2.33 bits per heavy atom. The van der Waals surface area contributed by atoms with Gasteiger partial charge in [0.05, 0.1) is 11.6 Å². The molecule has 0 saturated heterocycles. The third-order valence-corrected chi connectivity index (χ3v) is 5.15. The maximum Gasteiger partial charge on any atom is 0.0867 e. The summed E-state index contributed by atoms with van der Waals surface area (Å²) >= 11 is 0. The molecule has 2 rings (SSSR count). The Morgan fingerprint density at radius 2 is 1.83 bits per heavy atom. The molecule has 0 aromatic rings. The van der Waals surface area contributed by atoms with Gasteiger partial charge in [-0.2, -0.15) is 0 Å². The Morgan fingerprint density at radius 1 is 1.17 bits per heavy atom. The van der Waals surface area contributed by atoms with E-state index in [-0.39, 0.29) is 11.6 Å². The molecule has 1 unspecified atom stereocenters. The summed E-state index contributed by atoms with van der Waals surface area (Å²) in [5.41, 5.74) is 8.37. The molecular formula is C16H29NO. The van der Waals surface area contributed by atoms with Gasteiger partial charge >= 0.3 is 0 Å². The van der Waals surface area contributed by atoms with Crippen molar-refractivity contribution in [3.8, 4) is 0 Å². The zero-order valence-electron chi connectivity index (χ0n) is 12.3. The van der Waals surface area contributed by atoms with Crippen molar-refractivity contribution >= 4 is 0 Å². The zero-order chi connectivity index (χ0) is 13.2. The summed E-state index contributed by atoms with van der Waals surface area (Å²) in [4.78, 5) is 0. The van der Waals surface area contributed by atoms with E-state index < -0.39 is 0 Å². The first-order valence-corrected chi connectivity index (χ1v) is 7.49. The minimum Gasteiger partial charge on any atom is -0.376 e. The number of nitrogens with two attached hydrogens (primary N) is 1. The molecule has 0 aromatic heterocycles. The fraction of sp³-hybridized carbons (Fsp3) is 0.875. The highest BCUT2D eigenvalue weighted by atomic mass is 16.5. The SMILES string of the molecule is COC1(C(N)C2=CCCCC2)CCC(C)(C)CC1. The van der Waals surface area contributed by atoms with E-state index in [1.54, 1.807) is 0 Å². The van der Waals surface area contributed by atoms with Crippen molar-refractivity contribution in [2.75, 3.05) is 7.11 Å². The summed E-state index contributed by atoms with van der Waals surface area (Å²) in [5.74, 6) is 0. The summed E-state index contributed by atoms with van der Waals surface area (Å²) < 4.78 is 5.92. The van der Waals surface area contributed by atoms with Crippen LogP contribution in [-0.4, -0.2) is 18.8 Å². The first-order valence-electron chi connectivity index (χ1n) is 7.49. The van der Waals surface area contributed by atoms with Crippen LogP contribution in [0.3, 0.4) is 0 Å². The lowest BCUT2D eigenvalue weighted by atomic mass is 9.67. The molecule has 2 heteroatoms. The van der Waals surface area contributed by atoms with E-state index in [1.807, 2.05) is 7.11 Å². The van der Waals surface area contributed by atoms with Crippen molar-refractivity contribution in [3.63, 3.8) is 0 Å². The van der Waals surface area contributed by atoms with Crippen LogP contribution in [0.25, 0.3) is 0 Å². The molecule has 1 saturated carbocycles. The van der Waals surface area contributed by atoms with Gasteiger partial charge < -0.3 is 10.5 Å². The maximum atomic E-state index is 6.56. The lowest BCUT2D eigenvalue weighted by molar-refractivity contribution is -0.0717. The van der Waals surface area contributed by atoms with Crippen LogP contribution in [0.5, 0.6) is 0 Å². The standard InChI is InChI=1S/C16H29NO/c1-15(2)9-11-16(18-3,12-10-15)14(17)13-7-5-4-6-8-13/h7,14H,4-6,8-12,17H2,1-3H3. The summed E-state index contributed by atoms with van der Waals surface area (Å²) in [5, 5.41) is 0. The van der Waals surface area contributed by atoms with Crippen molar-refractivity contribution < 1.29 is 4.74 Å². The first kappa shape index (κ1) is 14.1. The molecule has 2 N–H and O–H groups in total. The zero-order valence-corrected chi connectivity index (χ0v) is 12.3. The molecule has 0 spiro atoms. The smallest absolute Gasteiger partial charge is 0.0867 e. The molecule has 1 fully saturated rings. The van der Waals surface area contributed by atoms with Gasteiger partial charge in [0.15, 0.2) is 0 Å². The van der Waals surface area contributed by atoms with E-state index in [0.717, 1.165) is 12.8 Å². The van der Waals surface area contributed by atoms with Crippen molar-refractivity contribution in [3.05, 3.63) is 11.6 Å². The van der Waals surface area contributed by atoms with Crippen LogP contribution in [0.15, 0.2) is 11.6 Å². The molecule has 0 aliphatic heterocycles. The molecular weight excluding hydrogens is 222 g/mol. The molecule has 0 amide bonds. The highest BCUT2D eigenvalue weighted by Crippen LogP contribution is 2.44. The number of ether oxygens (including phenoxy) is 1. The molecule has 2 aliphatic rings. The third kappa shape index (κ3) is 2.80. The van der Waals surface area contributed by atoms with Gasteiger partial charge in [0.1, 0.15) is 0 Å². The Kier molecular flexibility index (Phi) is 4.18. The van der Waals surface area contributed by atoms with Gasteiger partial charge in [0, 0.05) is 7.11 Å². The molecule has 0 aromatic carbocycles. The van der Waals surface area contributed by atoms with Gasteiger partial charge in [-0.25, -0.2) is 0 Å². The molecule has 2 aliphatic carbocycles. The van der Waals surface area contributed by atoms with E-state index in [4.69, 9.17) is 10.5 Å². The largest absolute Gasteiger partial charge is 0.376 e. The Bertz CT molecular complexity index is 309. The van der Waals surface area contributed by atoms with Gasteiger partial charge in [-0.15, -0.1) is 0 Å². The fourth-order valence-corrected chi connectivity index (χ4v) is 3.48. The van der Waals surface area contributed by atoms with Crippen LogP contribution >= 0.6 is 0 Å². The number of hydrogen-bond acceptors (Lipinski definition) is 2. The second-order valence-electron chi connectivity index (χ2n) is 6.94. The molecule has 18 heavy (non-hydrogen) atoms. The molecule has 0 heterocycles. The first-order chi connectivity index (χ1) is 8.49. The van der Waals surface area contributed by atoms with Crippen LogP contribution in [-0.2, 0) is 4.74 Å². The van der Waals surface area contributed by atoms with Gasteiger partial charge in [-0.3, -0.25) is 0 Å². The molecule has 0 bridgehead atoms. The number of methoxy groups -OCH3 is 1. The molecule has 2 nitrogen and oxygen atoms in total. The van der Waals surface area contributed by atoms with Crippen LogP contribution in [0.1, 0.15) is 65.2 Å². The van der Waals surface area contributed by atoms with Crippen LogP contribution in [0.2, 0.25) is 0 Å². The molecule has 104 valence electrons. The lowest BCUT2D eigenvalue weighted by Gasteiger charge is -2.46. The van der Waals surface area contributed by atoms with Gasteiger partial charge in [-0.05, 0) is 56.8 Å². The average Bonchev–Trinajstić information content (AvgIpc) is 2.40. The maximum absolute atomic E-state index is 6.56. The van der Waals surface area contributed by atoms with Crippen molar-refractivity contribution in [1.82, 2.24) is 0 Å². The average molecular weight is 251 g/mol. The predicted octanol–water partition coefficient (Wildman–Crippen LogP) is 3.80. The Balaban J connectivity index is 2.10. The number of hydrogen-bond donors (Lipinski definition) is 1. The Labute approximate surface area is 112 Å². The van der Waals surface area contributed by atoms with Crippen molar-refractivity contribution in [2.24, 2.45) is 11.1 Å². The Hall–Kier alpha value is -0.340. The summed E-state index contributed by atoms with van der Waals surface area (Å²) in [6, 6.07) is 0.110. The van der Waals surface area contributed by atoms with E-state index in [9.17, 15) is 0 Å². The van der Waals surface area contributed by atoms with E-state index in [1.165, 1.54) is 44.1 Å². The van der Waals surface area contributed by atoms with Crippen molar-refractivity contribution in [2.45, 2.75) is 76.9 Å². The second-order valence-corrected chi connectivity index (χ2v) is 6.94. The predicted molar refractivity (Wildman–Crippen MR) is 76.5 cm³/mol. The minimum absolute atomic E-state index is 0.0985. The van der Waals surface area contributed by atoms with Gasteiger partial charge in [0.2, 0.25) is 0 Å². The molecule has 0 radical (unpaired) electrons. The van der Waals surface area contributed by atoms with Crippen LogP contribution in [0.4, 0.5) is 0 Å². The number of rotatable bonds is 3. The van der Waals surface area contributed by atoms with Crippen LogP contribution < -0.4 is 5.73 Å². The number of allylic oxidation sites excluding steroid dienone is 1. The van der Waals surface area contributed by atoms with Crippen molar-refractivity contribution in [1.29, 1.82) is 0 Å². The van der Waals surface area contributed by atoms with E-state index in [2.05, 4.69) is 19.9 Å². The third-order valence-electron chi connectivity index (χ3n) is 5.15. The highest BCUT2D eigenvalue weighted by Gasteiger charge is 2.43. The topological polar surface area (TPSA) is 35.2 Å². The van der Waals surface area contributed by atoms with E-state index >= 15 is 0 Å². The minimum atomic E-state index is -0.0985. The monoisotopic (exact) mass is 251 g/mol. The van der Waals surface area contributed by atoms with Crippen LogP contribution in [0, 0.1) is 5.41 Å².